The van der Waals surface area contributed by atoms with Crippen molar-refractivity contribution in [2.45, 2.75) is 64.4 Å². The van der Waals surface area contributed by atoms with Crippen LogP contribution in [0, 0.1) is 34.5 Å². The first-order valence-electron chi connectivity index (χ1n) is 9.70. The molecule has 25 heavy (non-hydrogen) atoms. The molecule has 1 fully saturated rings. The van der Waals surface area contributed by atoms with Crippen LogP contribution < -0.4 is 0 Å². The number of nitrogens with zero attached hydrogens (tertiary/aromatic N) is 1. The molecule has 5 atom stereocenters. The molecule has 0 bridgehead atoms. The van der Waals surface area contributed by atoms with E-state index in [1.807, 2.05) is 6.08 Å². The number of fused-ring (bicyclic) bond motifs is 4. The van der Waals surface area contributed by atoms with E-state index in [0.717, 1.165) is 32.1 Å². The number of hydrogen-bond donors (Lipinski definition) is 1. The largest absolute Gasteiger partial charge is 0.388 e. The minimum absolute atomic E-state index is 0.182. The van der Waals surface area contributed by atoms with Gasteiger partial charge >= 0.3 is 0 Å². The molecule has 0 aromatic heterocycles. The SMILES string of the molecule is CCC1C[C@H]2[C@@H]3CCC4=CC(=O)CCC4=C3C=C[C@]2(C)[C@]1(O)CC#N. The van der Waals surface area contributed by atoms with Gasteiger partial charge in [-0.1, -0.05) is 32.4 Å². The standard InChI is InChI=1S/C22H27NO2/c1-3-15-13-20-19-6-4-14-12-16(24)5-7-17(14)18(19)8-9-21(20,2)22(15,25)10-11-23/h8-9,12,15,19-20,25H,3-7,10,13H2,1-2H3/t15?,19-,20+,21+,22+/m1/s1. The van der Waals surface area contributed by atoms with Gasteiger partial charge in [-0.3, -0.25) is 4.79 Å². The number of allylic oxidation sites excluding steroid dienone is 5. The second-order valence-corrected chi connectivity index (χ2v) is 8.54. The van der Waals surface area contributed by atoms with Crippen LogP contribution in [0.4, 0.5) is 0 Å². The van der Waals surface area contributed by atoms with Gasteiger partial charge in [-0.2, -0.15) is 5.26 Å². The molecule has 0 aromatic carbocycles. The molecule has 0 spiro atoms. The van der Waals surface area contributed by atoms with Gasteiger partial charge in [0.05, 0.1) is 18.1 Å². The summed E-state index contributed by atoms with van der Waals surface area (Å²) in [6.07, 6.45) is 11.9. The molecule has 4 aliphatic rings. The van der Waals surface area contributed by atoms with Crippen molar-refractivity contribution in [3.05, 3.63) is 34.9 Å². The summed E-state index contributed by atoms with van der Waals surface area (Å²) in [5, 5.41) is 20.9. The summed E-state index contributed by atoms with van der Waals surface area (Å²) >= 11 is 0. The summed E-state index contributed by atoms with van der Waals surface area (Å²) in [5.41, 5.74) is 2.78. The minimum atomic E-state index is -0.924. The molecule has 132 valence electrons. The normalized spacial score (nSPS) is 42.4. The van der Waals surface area contributed by atoms with Crippen LogP contribution >= 0.6 is 0 Å². The molecular weight excluding hydrogens is 310 g/mol. The lowest BCUT2D eigenvalue weighted by molar-refractivity contribution is -0.114. The Hall–Kier alpha value is -1.66. The maximum absolute atomic E-state index is 11.8. The smallest absolute Gasteiger partial charge is 0.156 e. The van der Waals surface area contributed by atoms with Crippen LogP contribution in [-0.4, -0.2) is 16.5 Å². The van der Waals surface area contributed by atoms with Crippen molar-refractivity contribution in [1.29, 1.82) is 5.26 Å². The first-order valence-corrected chi connectivity index (χ1v) is 9.70. The second-order valence-electron chi connectivity index (χ2n) is 8.54. The van der Waals surface area contributed by atoms with Crippen molar-refractivity contribution in [1.82, 2.24) is 0 Å². The van der Waals surface area contributed by atoms with Gasteiger partial charge in [-0.25, -0.2) is 0 Å². The van der Waals surface area contributed by atoms with E-state index in [1.54, 1.807) is 0 Å². The Morgan fingerprint density at radius 3 is 2.88 bits per heavy atom. The van der Waals surface area contributed by atoms with Crippen LogP contribution in [0.5, 0.6) is 0 Å². The van der Waals surface area contributed by atoms with Gasteiger partial charge in [0.15, 0.2) is 5.78 Å². The Balaban J connectivity index is 1.81. The molecule has 4 rings (SSSR count). The fraction of sp³-hybridized carbons (Fsp3) is 0.636. The second kappa shape index (κ2) is 5.68. The first kappa shape index (κ1) is 16.8. The lowest BCUT2D eigenvalue weighted by Crippen LogP contribution is -2.50. The van der Waals surface area contributed by atoms with Crippen molar-refractivity contribution < 1.29 is 9.90 Å². The number of rotatable bonds is 2. The summed E-state index contributed by atoms with van der Waals surface area (Å²) in [7, 11) is 0. The maximum atomic E-state index is 11.8. The molecule has 0 heterocycles. The van der Waals surface area contributed by atoms with E-state index in [0.29, 0.717) is 18.3 Å². The quantitative estimate of drug-likeness (QED) is 0.819. The van der Waals surface area contributed by atoms with Gasteiger partial charge in [-0.05, 0) is 66.2 Å². The van der Waals surface area contributed by atoms with Gasteiger partial charge in [-0.15, -0.1) is 0 Å². The van der Waals surface area contributed by atoms with Crippen molar-refractivity contribution in [3.8, 4) is 6.07 Å². The van der Waals surface area contributed by atoms with Crippen LogP contribution in [0.3, 0.4) is 0 Å². The fourth-order valence-electron chi connectivity index (χ4n) is 6.23. The lowest BCUT2D eigenvalue weighted by Gasteiger charge is -2.48. The molecule has 3 nitrogen and oxygen atoms in total. The molecule has 0 aromatic rings. The first-order chi connectivity index (χ1) is 11.9. The molecule has 0 amide bonds. The third kappa shape index (κ3) is 2.16. The van der Waals surface area contributed by atoms with E-state index >= 15 is 0 Å². The predicted molar refractivity (Wildman–Crippen MR) is 96.4 cm³/mol. The van der Waals surface area contributed by atoms with Gasteiger partial charge in [0.25, 0.3) is 0 Å². The minimum Gasteiger partial charge on any atom is -0.388 e. The number of hydrogen-bond acceptors (Lipinski definition) is 3. The Bertz CT molecular complexity index is 752. The third-order valence-corrected chi connectivity index (χ3v) is 7.67. The number of carbonyl (C=O) groups is 1. The Morgan fingerprint density at radius 2 is 2.16 bits per heavy atom. The highest BCUT2D eigenvalue weighted by molar-refractivity contribution is 5.93. The van der Waals surface area contributed by atoms with Crippen LogP contribution in [0.15, 0.2) is 34.9 Å². The Morgan fingerprint density at radius 1 is 1.36 bits per heavy atom. The zero-order valence-corrected chi connectivity index (χ0v) is 15.2. The molecule has 1 N–H and O–H groups in total. The van der Waals surface area contributed by atoms with Crippen molar-refractivity contribution >= 4 is 5.78 Å². The average Bonchev–Trinajstić information content (AvgIpc) is 2.82. The van der Waals surface area contributed by atoms with E-state index in [2.05, 4.69) is 32.1 Å². The summed E-state index contributed by atoms with van der Waals surface area (Å²) in [4.78, 5) is 11.8. The van der Waals surface area contributed by atoms with Crippen molar-refractivity contribution in [2.24, 2.45) is 23.2 Å². The van der Waals surface area contributed by atoms with Crippen LogP contribution in [0.2, 0.25) is 0 Å². The van der Waals surface area contributed by atoms with Gasteiger partial charge < -0.3 is 5.11 Å². The highest BCUT2D eigenvalue weighted by Gasteiger charge is 2.63. The number of carbonyl (C=O) groups excluding carboxylic acids is 1. The number of nitriles is 1. The van der Waals surface area contributed by atoms with Crippen LogP contribution in [0.25, 0.3) is 0 Å². The maximum Gasteiger partial charge on any atom is 0.156 e. The summed E-state index contributed by atoms with van der Waals surface area (Å²) in [5.74, 6) is 1.29. The number of aliphatic hydroxyl groups is 1. The van der Waals surface area contributed by atoms with Crippen LogP contribution in [0.1, 0.15) is 58.8 Å². The predicted octanol–water partition coefficient (Wildman–Crippen LogP) is 4.25. The Kier molecular flexibility index (Phi) is 3.81. The van der Waals surface area contributed by atoms with E-state index < -0.39 is 5.60 Å². The third-order valence-electron chi connectivity index (χ3n) is 7.67. The zero-order valence-electron chi connectivity index (χ0n) is 15.2. The molecule has 0 radical (unpaired) electrons. The summed E-state index contributed by atoms with van der Waals surface area (Å²) < 4.78 is 0. The van der Waals surface area contributed by atoms with Crippen LogP contribution in [-0.2, 0) is 4.79 Å². The zero-order chi connectivity index (χ0) is 17.8. The van der Waals surface area contributed by atoms with Gasteiger partial charge in [0, 0.05) is 11.8 Å². The van der Waals surface area contributed by atoms with Gasteiger partial charge in [0.1, 0.15) is 0 Å². The van der Waals surface area contributed by atoms with Crippen molar-refractivity contribution in [2.75, 3.05) is 0 Å². The topological polar surface area (TPSA) is 61.1 Å². The average molecular weight is 337 g/mol. The molecule has 4 aliphatic carbocycles. The van der Waals surface area contributed by atoms with E-state index in [-0.39, 0.29) is 23.5 Å². The van der Waals surface area contributed by atoms with E-state index in [4.69, 9.17) is 0 Å². The monoisotopic (exact) mass is 337 g/mol. The highest BCUT2D eigenvalue weighted by Crippen LogP contribution is 2.64. The molecule has 1 saturated carbocycles. The molecule has 1 unspecified atom stereocenters. The fourth-order valence-corrected chi connectivity index (χ4v) is 6.23. The van der Waals surface area contributed by atoms with Gasteiger partial charge in [0.2, 0.25) is 0 Å². The molecular formula is C22H27NO2. The molecule has 0 aliphatic heterocycles. The lowest BCUT2D eigenvalue weighted by atomic mass is 9.57. The van der Waals surface area contributed by atoms with E-state index in [9.17, 15) is 15.2 Å². The molecule has 0 saturated heterocycles. The Labute approximate surface area is 150 Å². The highest BCUT2D eigenvalue weighted by atomic mass is 16.3. The number of ketones is 1. The molecule has 3 heteroatoms. The van der Waals surface area contributed by atoms with Crippen molar-refractivity contribution in [3.63, 3.8) is 0 Å². The summed E-state index contributed by atoms with van der Waals surface area (Å²) in [6, 6.07) is 2.25. The van der Waals surface area contributed by atoms with E-state index in [1.165, 1.54) is 16.7 Å². The summed E-state index contributed by atoms with van der Waals surface area (Å²) in [6.45, 7) is 4.30.